The molecule has 2 aliphatic rings. The van der Waals surface area contributed by atoms with Gasteiger partial charge in [0.2, 0.25) is 11.0 Å². The summed E-state index contributed by atoms with van der Waals surface area (Å²) in [5, 5.41) is 20.8. The summed E-state index contributed by atoms with van der Waals surface area (Å²) in [5.74, 6) is -1.01. The third-order valence-electron chi connectivity index (χ3n) is 5.65. The number of benzene rings is 1. The standard InChI is InChI=1S/C21H21ClN4O4S/c1-9-8-21(3,4)26-17-11(9)6-12(22)10(2)15(17)16(19(26)29)24-25-20-23-18(28)13(31-20)7-14(27)30-5/h6-7,9,29H,8H2,1-5H3. The second-order valence-electron chi connectivity index (χ2n) is 8.25. The molecule has 2 aromatic rings. The van der Waals surface area contributed by atoms with Crippen LogP contribution in [0.25, 0.3) is 10.9 Å². The Balaban J connectivity index is 1.84. The lowest BCUT2D eigenvalue weighted by Crippen LogP contribution is -2.31. The summed E-state index contributed by atoms with van der Waals surface area (Å²) in [4.78, 5) is 27.3. The lowest BCUT2D eigenvalue weighted by Gasteiger charge is -2.37. The second-order valence-corrected chi connectivity index (χ2v) is 9.67. The average Bonchev–Trinajstić information content (AvgIpc) is 3.19. The minimum atomic E-state index is -0.655. The Hall–Kier alpha value is -2.65. The number of hydrogen-bond donors (Lipinski definition) is 1. The van der Waals surface area contributed by atoms with Gasteiger partial charge in [-0.2, -0.15) is 4.99 Å². The lowest BCUT2D eigenvalue weighted by atomic mass is 9.82. The van der Waals surface area contributed by atoms with E-state index in [1.54, 1.807) is 0 Å². The van der Waals surface area contributed by atoms with Crippen LogP contribution in [0.2, 0.25) is 5.02 Å². The van der Waals surface area contributed by atoms with Crippen LogP contribution in [0.4, 0.5) is 5.69 Å². The van der Waals surface area contributed by atoms with Crippen LogP contribution in [0.3, 0.4) is 0 Å². The fraction of sp³-hybridized carbons (Fsp3) is 0.381. The third kappa shape index (κ3) is 3.45. The maximum Gasteiger partial charge on any atom is 0.331 e. The Morgan fingerprint density at radius 1 is 1.45 bits per heavy atom. The molecule has 0 aliphatic carbocycles. The average molecular weight is 461 g/mol. The number of aromatic hydroxyl groups is 1. The molecule has 0 radical (unpaired) electrons. The molecule has 1 unspecified atom stereocenters. The van der Waals surface area contributed by atoms with Gasteiger partial charge >= 0.3 is 5.97 Å². The van der Waals surface area contributed by atoms with E-state index >= 15 is 0 Å². The smallest absolute Gasteiger partial charge is 0.331 e. The number of carbonyl (C=O) groups excluding carboxylic acids is 2. The fourth-order valence-corrected chi connectivity index (χ4v) is 5.23. The molecule has 8 nitrogen and oxygen atoms in total. The van der Waals surface area contributed by atoms with E-state index in [4.69, 9.17) is 11.6 Å². The number of carbonyl (C=O) groups is 2. The molecule has 2 aliphatic heterocycles. The molecule has 1 amide bonds. The number of ether oxygens (including phenoxy) is 1. The summed E-state index contributed by atoms with van der Waals surface area (Å²) in [6.45, 7) is 8.15. The minimum Gasteiger partial charge on any atom is -0.493 e. The molecular weight excluding hydrogens is 440 g/mol. The van der Waals surface area contributed by atoms with Gasteiger partial charge in [-0.1, -0.05) is 18.5 Å². The van der Waals surface area contributed by atoms with Gasteiger partial charge in [0.1, 0.15) is 0 Å². The van der Waals surface area contributed by atoms with E-state index in [0.29, 0.717) is 5.02 Å². The molecule has 0 saturated carbocycles. The van der Waals surface area contributed by atoms with Gasteiger partial charge in [-0.15, -0.1) is 10.2 Å². The number of amidine groups is 1. The Labute approximate surface area is 188 Å². The normalized spacial score (nSPS) is 21.4. The van der Waals surface area contributed by atoms with Crippen molar-refractivity contribution in [1.29, 1.82) is 0 Å². The third-order valence-corrected chi connectivity index (χ3v) is 6.91. The van der Waals surface area contributed by atoms with E-state index < -0.39 is 11.9 Å². The van der Waals surface area contributed by atoms with Gasteiger partial charge in [-0.3, -0.25) is 4.79 Å². The van der Waals surface area contributed by atoms with Crippen LogP contribution in [0.1, 0.15) is 44.2 Å². The highest BCUT2D eigenvalue weighted by Crippen LogP contribution is 2.52. The highest BCUT2D eigenvalue weighted by Gasteiger charge is 2.37. The molecule has 0 saturated heterocycles. The predicted octanol–water partition coefficient (Wildman–Crippen LogP) is 5.32. The van der Waals surface area contributed by atoms with Crippen molar-refractivity contribution in [3.8, 4) is 5.88 Å². The van der Waals surface area contributed by atoms with Crippen LogP contribution in [0, 0.1) is 6.92 Å². The number of esters is 1. The van der Waals surface area contributed by atoms with Crippen molar-refractivity contribution < 1.29 is 19.4 Å². The van der Waals surface area contributed by atoms with Crippen LogP contribution in [0.15, 0.2) is 32.3 Å². The summed E-state index contributed by atoms with van der Waals surface area (Å²) >= 11 is 7.42. The Bertz CT molecular complexity index is 1240. The zero-order valence-corrected chi connectivity index (χ0v) is 19.3. The van der Waals surface area contributed by atoms with Crippen LogP contribution < -0.4 is 0 Å². The number of amides is 1. The van der Waals surface area contributed by atoms with Crippen molar-refractivity contribution >= 4 is 57.0 Å². The number of azo groups is 1. The number of methoxy groups -OCH3 is 1. The number of aromatic nitrogens is 1. The van der Waals surface area contributed by atoms with Crippen molar-refractivity contribution in [3.63, 3.8) is 0 Å². The molecule has 0 bridgehead atoms. The van der Waals surface area contributed by atoms with Crippen LogP contribution in [-0.2, 0) is 19.9 Å². The monoisotopic (exact) mass is 460 g/mol. The number of aryl methyl sites for hydroxylation is 1. The van der Waals surface area contributed by atoms with Gasteiger partial charge in [0.15, 0.2) is 5.69 Å². The Kier molecular flexibility index (Phi) is 5.21. The first kappa shape index (κ1) is 21.6. The molecule has 1 aromatic heterocycles. The molecule has 0 fully saturated rings. The lowest BCUT2D eigenvalue weighted by molar-refractivity contribution is -0.135. The Morgan fingerprint density at radius 3 is 2.84 bits per heavy atom. The van der Waals surface area contributed by atoms with Crippen molar-refractivity contribution in [2.45, 2.75) is 45.6 Å². The molecule has 3 heterocycles. The van der Waals surface area contributed by atoms with Gasteiger partial charge in [-0.05, 0) is 62.1 Å². The number of halogens is 1. The van der Waals surface area contributed by atoms with Crippen molar-refractivity contribution in [2.24, 2.45) is 15.2 Å². The summed E-state index contributed by atoms with van der Waals surface area (Å²) in [6.07, 6.45) is 1.89. The maximum atomic E-state index is 12.0. The van der Waals surface area contributed by atoms with Crippen LogP contribution in [-0.4, -0.2) is 33.8 Å². The zero-order valence-electron chi connectivity index (χ0n) is 17.7. The van der Waals surface area contributed by atoms with E-state index in [1.165, 1.54) is 7.11 Å². The minimum absolute atomic E-state index is 0.0116. The molecule has 4 rings (SSSR count). The van der Waals surface area contributed by atoms with Gasteiger partial charge in [0.25, 0.3) is 5.91 Å². The van der Waals surface area contributed by atoms with Gasteiger partial charge in [0.05, 0.1) is 17.5 Å². The Morgan fingerprint density at radius 2 is 2.16 bits per heavy atom. The SMILES string of the molecule is COC(=O)C=C1SC(N=Nc2c(O)n3c4c(cc(Cl)c(C)c24)C(C)CC3(C)C)=NC1=O. The zero-order chi connectivity index (χ0) is 22.7. The number of rotatable bonds is 2. The predicted molar refractivity (Wildman–Crippen MR) is 120 cm³/mol. The number of nitrogens with zero attached hydrogens (tertiary/aromatic N) is 4. The first-order valence-corrected chi connectivity index (χ1v) is 10.8. The molecule has 162 valence electrons. The molecule has 1 atom stereocenters. The van der Waals surface area contributed by atoms with E-state index in [0.717, 1.165) is 46.3 Å². The molecule has 31 heavy (non-hydrogen) atoms. The number of thioether (sulfide) groups is 1. The number of aliphatic imine (C=N–C) groups is 1. The molecule has 0 spiro atoms. The maximum absolute atomic E-state index is 12.0. The molecule has 1 N–H and O–H groups in total. The van der Waals surface area contributed by atoms with Crippen LogP contribution >= 0.6 is 23.4 Å². The summed E-state index contributed by atoms with van der Waals surface area (Å²) < 4.78 is 6.42. The summed E-state index contributed by atoms with van der Waals surface area (Å²) in [5.41, 5.74) is 2.67. The van der Waals surface area contributed by atoms with Crippen molar-refractivity contribution in [3.05, 3.63) is 33.2 Å². The highest BCUT2D eigenvalue weighted by atomic mass is 35.5. The second kappa shape index (κ2) is 7.49. The largest absolute Gasteiger partial charge is 0.493 e. The fourth-order valence-electron chi connectivity index (χ4n) is 4.32. The molecule has 1 aromatic carbocycles. The highest BCUT2D eigenvalue weighted by molar-refractivity contribution is 8.18. The van der Waals surface area contributed by atoms with Crippen molar-refractivity contribution in [1.82, 2.24) is 4.57 Å². The topological polar surface area (TPSA) is 106 Å². The van der Waals surface area contributed by atoms with E-state index in [-0.39, 0.29) is 33.1 Å². The van der Waals surface area contributed by atoms with E-state index in [9.17, 15) is 14.7 Å². The van der Waals surface area contributed by atoms with E-state index in [1.807, 2.05) is 17.6 Å². The molecular formula is C21H21ClN4O4S. The quantitative estimate of drug-likeness (QED) is 0.371. The van der Waals surface area contributed by atoms with Gasteiger partial charge < -0.3 is 14.4 Å². The summed E-state index contributed by atoms with van der Waals surface area (Å²) in [7, 11) is 1.22. The van der Waals surface area contributed by atoms with Gasteiger partial charge in [0, 0.05) is 22.0 Å². The number of hydrogen-bond acceptors (Lipinski definition) is 7. The van der Waals surface area contributed by atoms with E-state index in [2.05, 4.69) is 40.7 Å². The first-order chi connectivity index (χ1) is 14.5. The van der Waals surface area contributed by atoms with Crippen LogP contribution in [0.5, 0.6) is 5.88 Å². The summed E-state index contributed by atoms with van der Waals surface area (Å²) in [6, 6.07) is 1.95. The molecule has 10 heteroatoms. The first-order valence-electron chi connectivity index (χ1n) is 9.64. The van der Waals surface area contributed by atoms with Crippen molar-refractivity contribution in [2.75, 3.05) is 7.11 Å². The van der Waals surface area contributed by atoms with Gasteiger partial charge in [-0.25, -0.2) is 4.79 Å².